The van der Waals surface area contributed by atoms with E-state index in [1.54, 1.807) is 18.0 Å². The van der Waals surface area contributed by atoms with Gasteiger partial charge in [0.2, 0.25) is 0 Å². The van der Waals surface area contributed by atoms with Crippen LogP contribution in [-0.4, -0.2) is 41.1 Å². The Hall–Kier alpha value is -2.43. The van der Waals surface area contributed by atoms with Crippen LogP contribution in [-0.2, 0) is 6.42 Å². The Morgan fingerprint density at radius 1 is 1.08 bits per heavy atom. The minimum atomic E-state index is -0.0772. The summed E-state index contributed by atoms with van der Waals surface area (Å²) >= 11 is 0. The fourth-order valence-corrected chi connectivity index (χ4v) is 2.39. The highest BCUT2D eigenvalue weighted by atomic mass is 16.2. The predicted molar refractivity (Wildman–Crippen MR) is 97.2 cm³/mol. The van der Waals surface area contributed by atoms with Gasteiger partial charge in [-0.2, -0.15) is 0 Å². The Bertz CT molecular complexity index is 613. The maximum absolute atomic E-state index is 12.2. The van der Waals surface area contributed by atoms with Crippen LogP contribution >= 0.6 is 0 Å². The molecule has 0 aliphatic rings. The van der Waals surface area contributed by atoms with Crippen molar-refractivity contribution < 1.29 is 4.79 Å². The molecule has 1 heterocycles. The summed E-state index contributed by atoms with van der Waals surface area (Å²) in [6.45, 7) is 3.68. The zero-order valence-electron chi connectivity index (χ0n) is 14.5. The molecule has 0 aliphatic heterocycles. The lowest BCUT2D eigenvalue weighted by Gasteiger charge is -2.15. The highest BCUT2D eigenvalue weighted by molar-refractivity contribution is 5.92. The summed E-state index contributed by atoms with van der Waals surface area (Å²) in [5.41, 5.74) is 1.73. The molecule has 1 N–H and O–H groups in total. The number of carbonyl (C=O) groups is 1. The Morgan fingerprint density at radius 2 is 1.88 bits per heavy atom. The van der Waals surface area contributed by atoms with E-state index in [4.69, 9.17) is 0 Å². The van der Waals surface area contributed by atoms with Gasteiger partial charge >= 0.3 is 0 Å². The van der Waals surface area contributed by atoms with Gasteiger partial charge in [-0.3, -0.25) is 4.79 Å². The second-order valence-electron chi connectivity index (χ2n) is 5.90. The molecule has 0 aliphatic carbocycles. The quantitative estimate of drug-likeness (QED) is 0.718. The average Bonchev–Trinajstić information content (AvgIpc) is 2.64. The van der Waals surface area contributed by atoms with E-state index in [1.165, 1.54) is 5.56 Å². The molecule has 2 aromatic rings. The molecule has 0 bridgehead atoms. The van der Waals surface area contributed by atoms with Crippen molar-refractivity contribution in [2.45, 2.75) is 32.6 Å². The normalized spacial score (nSPS) is 10.4. The van der Waals surface area contributed by atoms with Crippen molar-refractivity contribution in [1.82, 2.24) is 15.1 Å². The molecule has 2 rings (SSSR count). The van der Waals surface area contributed by atoms with Crippen LogP contribution in [0.2, 0.25) is 0 Å². The van der Waals surface area contributed by atoms with Crippen molar-refractivity contribution in [3.8, 4) is 0 Å². The number of hydrogen-bond donors (Lipinski definition) is 1. The van der Waals surface area contributed by atoms with Crippen molar-refractivity contribution in [2.75, 3.05) is 25.5 Å². The number of nitrogens with zero attached hydrogens (tertiary/aromatic N) is 3. The number of rotatable bonds is 9. The molecule has 1 aromatic carbocycles. The Labute approximate surface area is 144 Å². The SMILES string of the molecule is CCCCN(C)C(=O)c1ccc(NCCCc2ccccc2)nn1. The van der Waals surface area contributed by atoms with Gasteiger partial charge in [0.1, 0.15) is 5.82 Å². The van der Waals surface area contributed by atoms with Crippen molar-refractivity contribution in [1.29, 1.82) is 0 Å². The van der Waals surface area contributed by atoms with Crippen molar-refractivity contribution in [3.63, 3.8) is 0 Å². The van der Waals surface area contributed by atoms with E-state index in [2.05, 4.69) is 46.7 Å². The third kappa shape index (κ3) is 5.65. The summed E-state index contributed by atoms with van der Waals surface area (Å²) in [4.78, 5) is 13.9. The number of aryl methyl sites for hydroxylation is 1. The van der Waals surface area contributed by atoms with Crippen molar-refractivity contribution >= 4 is 11.7 Å². The van der Waals surface area contributed by atoms with Gasteiger partial charge in [0.15, 0.2) is 5.69 Å². The van der Waals surface area contributed by atoms with Gasteiger partial charge in [-0.25, -0.2) is 0 Å². The van der Waals surface area contributed by atoms with Crippen LogP contribution in [0.25, 0.3) is 0 Å². The van der Waals surface area contributed by atoms with Crippen molar-refractivity contribution in [2.24, 2.45) is 0 Å². The molecule has 0 saturated heterocycles. The molecule has 0 unspecified atom stereocenters. The molecule has 0 radical (unpaired) electrons. The molecular weight excluding hydrogens is 300 g/mol. The fraction of sp³-hybridized carbons (Fsp3) is 0.421. The maximum Gasteiger partial charge on any atom is 0.274 e. The minimum Gasteiger partial charge on any atom is -0.369 e. The second kappa shape index (κ2) is 9.65. The third-order valence-electron chi connectivity index (χ3n) is 3.87. The first-order valence-corrected chi connectivity index (χ1v) is 8.57. The predicted octanol–water partition coefficient (Wildman–Crippen LogP) is 3.39. The molecular formula is C19H26N4O. The number of aromatic nitrogens is 2. The van der Waals surface area contributed by atoms with Crippen LogP contribution in [0.4, 0.5) is 5.82 Å². The lowest BCUT2D eigenvalue weighted by molar-refractivity contribution is 0.0786. The van der Waals surface area contributed by atoms with Crippen LogP contribution in [0.3, 0.4) is 0 Å². The number of unbranched alkanes of at least 4 members (excludes halogenated alkanes) is 1. The number of hydrogen-bond acceptors (Lipinski definition) is 4. The molecule has 1 aromatic heterocycles. The van der Waals surface area contributed by atoms with E-state index in [9.17, 15) is 4.79 Å². The van der Waals surface area contributed by atoms with E-state index >= 15 is 0 Å². The summed E-state index contributed by atoms with van der Waals surface area (Å²) in [6.07, 6.45) is 4.11. The first-order valence-electron chi connectivity index (χ1n) is 8.57. The molecule has 5 nitrogen and oxygen atoms in total. The molecule has 0 spiro atoms. The van der Waals surface area contributed by atoms with Gasteiger partial charge in [0, 0.05) is 20.1 Å². The van der Waals surface area contributed by atoms with E-state index in [0.29, 0.717) is 11.5 Å². The molecule has 0 fully saturated rings. The number of anilines is 1. The molecule has 24 heavy (non-hydrogen) atoms. The molecule has 5 heteroatoms. The standard InChI is InChI=1S/C19H26N4O/c1-3-4-15-23(2)19(24)17-12-13-18(22-21-17)20-14-8-11-16-9-6-5-7-10-16/h5-7,9-10,12-13H,3-4,8,11,14-15H2,1-2H3,(H,20,22). The number of amides is 1. The first-order chi connectivity index (χ1) is 11.7. The van der Waals surface area contributed by atoms with Gasteiger partial charge in [-0.15, -0.1) is 10.2 Å². The highest BCUT2D eigenvalue weighted by Gasteiger charge is 2.13. The molecule has 0 saturated carbocycles. The maximum atomic E-state index is 12.2. The van der Waals surface area contributed by atoms with Crippen LogP contribution < -0.4 is 5.32 Å². The van der Waals surface area contributed by atoms with Gasteiger partial charge in [-0.05, 0) is 37.0 Å². The number of nitrogens with one attached hydrogen (secondary N) is 1. The minimum absolute atomic E-state index is 0.0772. The van der Waals surface area contributed by atoms with E-state index in [0.717, 1.165) is 38.8 Å². The largest absolute Gasteiger partial charge is 0.369 e. The Kier molecular flexibility index (Phi) is 7.21. The lowest BCUT2D eigenvalue weighted by atomic mass is 10.1. The van der Waals surface area contributed by atoms with Gasteiger partial charge in [-0.1, -0.05) is 43.7 Å². The summed E-state index contributed by atoms with van der Waals surface area (Å²) in [5.74, 6) is 0.627. The summed E-state index contributed by atoms with van der Waals surface area (Å²) in [5, 5.41) is 11.4. The first kappa shape index (κ1) is 17.9. The third-order valence-corrected chi connectivity index (χ3v) is 3.87. The van der Waals surface area contributed by atoms with E-state index < -0.39 is 0 Å². The Morgan fingerprint density at radius 3 is 2.54 bits per heavy atom. The van der Waals surface area contributed by atoms with Crippen LogP contribution in [0.1, 0.15) is 42.2 Å². The van der Waals surface area contributed by atoms with Crippen LogP contribution in [0.5, 0.6) is 0 Å². The monoisotopic (exact) mass is 326 g/mol. The smallest absolute Gasteiger partial charge is 0.274 e. The average molecular weight is 326 g/mol. The second-order valence-corrected chi connectivity index (χ2v) is 5.90. The Balaban J connectivity index is 1.76. The summed E-state index contributed by atoms with van der Waals surface area (Å²) in [7, 11) is 1.80. The zero-order valence-corrected chi connectivity index (χ0v) is 14.5. The molecule has 1 amide bonds. The van der Waals surface area contributed by atoms with E-state index in [1.807, 2.05) is 12.1 Å². The van der Waals surface area contributed by atoms with Gasteiger partial charge in [0.05, 0.1) is 0 Å². The van der Waals surface area contributed by atoms with E-state index in [-0.39, 0.29) is 5.91 Å². The summed E-state index contributed by atoms with van der Waals surface area (Å²) < 4.78 is 0. The molecule has 0 atom stereocenters. The van der Waals surface area contributed by atoms with Crippen LogP contribution in [0, 0.1) is 0 Å². The van der Waals surface area contributed by atoms with Gasteiger partial charge in [0.25, 0.3) is 5.91 Å². The topological polar surface area (TPSA) is 58.1 Å². The fourth-order valence-electron chi connectivity index (χ4n) is 2.39. The van der Waals surface area contributed by atoms with Crippen molar-refractivity contribution in [3.05, 3.63) is 53.7 Å². The van der Waals surface area contributed by atoms with Gasteiger partial charge < -0.3 is 10.2 Å². The number of benzene rings is 1. The summed E-state index contributed by atoms with van der Waals surface area (Å²) in [6, 6.07) is 14.0. The molecule has 128 valence electrons. The lowest BCUT2D eigenvalue weighted by Crippen LogP contribution is -2.28. The van der Waals surface area contributed by atoms with Crippen LogP contribution in [0.15, 0.2) is 42.5 Å². The zero-order chi connectivity index (χ0) is 17.2. The highest BCUT2D eigenvalue weighted by Crippen LogP contribution is 2.07. The number of carbonyl (C=O) groups excluding carboxylic acids is 1.